The first kappa shape index (κ1) is 11.7. The SMILES string of the molecule is Cl/C(=C\n1ccnc1)c1ccc(Cl)cc1Br. The monoisotopic (exact) mass is 316 g/mol. The molecule has 1 aromatic carbocycles. The summed E-state index contributed by atoms with van der Waals surface area (Å²) in [5, 5.41) is 1.28. The van der Waals surface area contributed by atoms with Gasteiger partial charge in [-0.3, -0.25) is 0 Å². The fraction of sp³-hybridized carbons (Fsp3) is 0. The Hall–Kier alpha value is -0.770. The highest BCUT2D eigenvalue weighted by Gasteiger charge is 2.04. The van der Waals surface area contributed by atoms with E-state index in [4.69, 9.17) is 23.2 Å². The molecular formula is C11H7BrCl2N2. The number of nitrogens with zero attached hydrogens (tertiary/aromatic N) is 2. The average molecular weight is 318 g/mol. The number of hydrogen-bond acceptors (Lipinski definition) is 1. The molecule has 0 amide bonds. The summed E-state index contributed by atoms with van der Waals surface area (Å²) in [4.78, 5) is 3.93. The van der Waals surface area contributed by atoms with Crippen molar-refractivity contribution in [3.8, 4) is 0 Å². The molecule has 1 aromatic heterocycles. The van der Waals surface area contributed by atoms with Crippen LogP contribution in [0.4, 0.5) is 0 Å². The van der Waals surface area contributed by atoms with Crippen molar-refractivity contribution in [2.75, 3.05) is 0 Å². The van der Waals surface area contributed by atoms with Crippen molar-refractivity contribution in [1.82, 2.24) is 9.55 Å². The van der Waals surface area contributed by atoms with E-state index in [0.717, 1.165) is 10.0 Å². The number of aromatic nitrogens is 2. The molecule has 0 fully saturated rings. The van der Waals surface area contributed by atoms with Crippen molar-refractivity contribution >= 4 is 50.4 Å². The smallest absolute Gasteiger partial charge is 0.0987 e. The fourth-order valence-corrected chi connectivity index (χ4v) is 2.52. The molecule has 16 heavy (non-hydrogen) atoms. The van der Waals surface area contributed by atoms with Crippen LogP contribution in [0.1, 0.15) is 5.56 Å². The van der Waals surface area contributed by atoms with Gasteiger partial charge in [-0.15, -0.1) is 0 Å². The van der Waals surface area contributed by atoms with Crippen LogP contribution in [0.25, 0.3) is 11.2 Å². The third kappa shape index (κ3) is 2.67. The van der Waals surface area contributed by atoms with Crippen molar-refractivity contribution in [1.29, 1.82) is 0 Å². The summed E-state index contributed by atoms with van der Waals surface area (Å²) in [6, 6.07) is 5.47. The minimum Gasteiger partial charge on any atom is -0.312 e. The quantitative estimate of drug-likeness (QED) is 0.797. The summed E-state index contributed by atoms with van der Waals surface area (Å²) < 4.78 is 2.64. The Bertz CT molecular complexity index is 521. The maximum absolute atomic E-state index is 6.19. The molecule has 0 saturated heterocycles. The zero-order valence-electron chi connectivity index (χ0n) is 8.07. The summed E-state index contributed by atoms with van der Waals surface area (Å²) in [6.07, 6.45) is 6.96. The second-order valence-electron chi connectivity index (χ2n) is 3.11. The Kier molecular flexibility index (Phi) is 3.69. The molecule has 1 heterocycles. The Labute approximate surface area is 112 Å². The lowest BCUT2D eigenvalue weighted by Gasteiger charge is -2.03. The molecule has 0 aliphatic heterocycles. The van der Waals surface area contributed by atoms with Crippen LogP contribution in [0.2, 0.25) is 5.02 Å². The molecule has 0 unspecified atom stereocenters. The van der Waals surface area contributed by atoms with E-state index >= 15 is 0 Å². The second kappa shape index (κ2) is 5.04. The first-order valence-electron chi connectivity index (χ1n) is 4.47. The van der Waals surface area contributed by atoms with E-state index in [9.17, 15) is 0 Å². The topological polar surface area (TPSA) is 17.8 Å². The van der Waals surface area contributed by atoms with Gasteiger partial charge in [-0.05, 0) is 12.1 Å². The van der Waals surface area contributed by atoms with E-state index in [2.05, 4.69) is 20.9 Å². The minimum atomic E-state index is 0.613. The van der Waals surface area contributed by atoms with Crippen LogP contribution >= 0.6 is 39.1 Å². The highest BCUT2D eigenvalue weighted by atomic mass is 79.9. The standard InChI is InChI=1S/C11H7BrCl2N2/c12-10-5-8(13)1-2-9(10)11(14)6-16-4-3-15-7-16/h1-7H/b11-6-. The Morgan fingerprint density at radius 1 is 1.44 bits per heavy atom. The van der Waals surface area contributed by atoms with E-state index in [0.29, 0.717) is 10.1 Å². The lowest BCUT2D eigenvalue weighted by atomic mass is 10.2. The summed E-state index contributed by atoms with van der Waals surface area (Å²) in [7, 11) is 0. The number of rotatable bonds is 2. The molecule has 0 atom stereocenters. The Morgan fingerprint density at radius 3 is 2.88 bits per heavy atom. The molecule has 0 aliphatic carbocycles. The van der Waals surface area contributed by atoms with Gasteiger partial charge in [-0.25, -0.2) is 4.98 Å². The average Bonchev–Trinajstić information content (AvgIpc) is 2.70. The molecule has 2 nitrogen and oxygen atoms in total. The molecule has 2 rings (SSSR count). The minimum absolute atomic E-state index is 0.613. The highest BCUT2D eigenvalue weighted by Crippen LogP contribution is 2.29. The van der Waals surface area contributed by atoms with E-state index in [-0.39, 0.29) is 0 Å². The fourth-order valence-electron chi connectivity index (χ4n) is 1.23. The molecule has 0 N–H and O–H groups in total. The zero-order valence-corrected chi connectivity index (χ0v) is 11.2. The molecule has 2 aromatic rings. The predicted molar refractivity (Wildman–Crippen MR) is 71.4 cm³/mol. The van der Waals surface area contributed by atoms with Crippen LogP contribution in [-0.2, 0) is 0 Å². The summed E-state index contributed by atoms with van der Waals surface area (Å²) in [6.45, 7) is 0. The number of benzene rings is 1. The van der Waals surface area contributed by atoms with E-state index in [1.165, 1.54) is 0 Å². The maximum Gasteiger partial charge on any atom is 0.0987 e. The van der Waals surface area contributed by atoms with Crippen LogP contribution in [0.5, 0.6) is 0 Å². The molecule has 82 valence electrons. The molecule has 0 aliphatic rings. The maximum atomic E-state index is 6.19. The van der Waals surface area contributed by atoms with Gasteiger partial charge in [0.15, 0.2) is 0 Å². The van der Waals surface area contributed by atoms with Gasteiger partial charge in [-0.2, -0.15) is 0 Å². The zero-order chi connectivity index (χ0) is 11.5. The van der Waals surface area contributed by atoms with Gasteiger partial charge in [0.25, 0.3) is 0 Å². The summed E-state index contributed by atoms with van der Waals surface area (Å²) in [5.74, 6) is 0. The molecule has 0 saturated carbocycles. The molecule has 0 spiro atoms. The van der Waals surface area contributed by atoms with Gasteiger partial charge in [0.05, 0.1) is 11.4 Å². The summed E-state index contributed by atoms with van der Waals surface area (Å²) >= 11 is 15.5. The van der Waals surface area contributed by atoms with Gasteiger partial charge >= 0.3 is 0 Å². The second-order valence-corrected chi connectivity index (χ2v) is 4.81. The van der Waals surface area contributed by atoms with Gasteiger partial charge in [0.2, 0.25) is 0 Å². The summed E-state index contributed by atoms with van der Waals surface area (Å²) in [5.41, 5.74) is 0.889. The van der Waals surface area contributed by atoms with Crippen molar-refractivity contribution in [2.24, 2.45) is 0 Å². The van der Waals surface area contributed by atoms with Gasteiger partial charge < -0.3 is 4.57 Å². The van der Waals surface area contributed by atoms with Crippen LogP contribution < -0.4 is 0 Å². The van der Waals surface area contributed by atoms with Crippen LogP contribution in [0, 0.1) is 0 Å². The van der Waals surface area contributed by atoms with Gasteiger partial charge in [0, 0.05) is 33.7 Å². The molecular weight excluding hydrogens is 311 g/mol. The van der Waals surface area contributed by atoms with Crippen molar-refractivity contribution in [2.45, 2.75) is 0 Å². The van der Waals surface area contributed by atoms with Crippen LogP contribution in [0.15, 0.2) is 41.4 Å². The van der Waals surface area contributed by atoms with Gasteiger partial charge in [-0.1, -0.05) is 45.2 Å². The van der Waals surface area contributed by atoms with E-state index in [1.54, 1.807) is 35.4 Å². The third-order valence-electron chi connectivity index (χ3n) is 1.98. The lowest BCUT2D eigenvalue weighted by molar-refractivity contribution is 1.14. The first-order valence-corrected chi connectivity index (χ1v) is 6.02. The van der Waals surface area contributed by atoms with E-state index < -0.39 is 0 Å². The number of halogens is 3. The van der Waals surface area contributed by atoms with E-state index in [1.807, 2.05) is 12.3 Å². The van der Waals surface area contributed by atoms with Crippen molar-refractivity contribution in [3.63, 3.8) is 0 Å². The molecule has 5 heteroatoms. The lowest BCUT2D eigenvalue weighted by Crippen LogP contribution is -1.84. The molecule has 0 bridgehead atoms. The first-order chi connectivity index (χ1) is 7.66. The van der Waals surface area contributed by atoms with Crippen molar-refractivity contribution < 1.29 is 0 Å². The number of imidazole rings is 1. The Morgan fingerprint density at radius 2 is 2.25 bits per heavy atom. The third-order valence-corrected chi connectivity index (χ3v) is 3.17. The van der Waals surface area contributed by atoms with Crippen molar-refractivity contribution in [3.05, 3.63) is 52.0 Å². The predicted octanol–water partition coefficient (Wildman–Crippen LogP) is 4.49. The largest absolute Gasteiger partial charge is 0.312 e. The number of hydrogen-bond donors (Lipinski definition) is 0. The van der Waals surface area contributed by atoms with Crippen LogP contribution in [-0.4, -0.2) is 9.55 Å². The normalized spacial score (nSPS) is 11.8. The highest BCUT2D eigenvalue weighted by molar-refractivity contribution is 9.10. The van der Waals surface area contributed by atoms with Crippen LogP contribution in [0.3, 0.4) is 0 Å². The Balaban J connectivity index is 2.37. The van der Waals surface area contributed by atoms with Gasteiger partial charge in [0.1, 0.15) is 0 Å². The molecule has 0 radical (unpaired) electrons.